The minimum absolute atomic E-state index is 0.0422. The first-order valence-electron chi connectivity index (χ1n) is 7.39. The zero-order chi connectivity index (χ0) is 16.3. The Balaban J connectivity index is 1.78. The third-order valence-corrected chi connectivity index (χ3v) is 6.45. The van der Waals surface area contributed by atoms with Crippen molar-refractivity contribution in [3.63, 3.8) is 0 Å². The van der Waals surface area contributed by atoms with Crippen LogP contribution < -0.4 is 5.32 Å². The van der Waals surface area contributed by atoms with Crippen LogP contribution in [0.25, 0.3) is 0 Å². The van der Waals surface area contributed by atoms with Gasteiger partial charge in [-0.1, -0.05) is 24.3 Å². The molecule has 1 aromatic carbocycles. The summed E-state index contributed by atoms with van der Waals surface area (Å²) in [6.07, 6.45) is 0.496. The van der Waals surface area contributed by atoms with Crippen molar-refractivity contribution in [2.45, 2.75) is 19.0 Å². The summed E-state index contributed by atoms with van der Waals surface area (Å²) in [7, 11) is -3.04. The number of carbonyl (C=O) groups is 1. The van der Waals surface area contributed by atoms with Crippen LogP contribution in [0.3, 0.4) is 0 Å². The van der Waals surface area contributed by atoms with Crippen LogP contribution in [0, 0.1) is 0 Å². The highest BCUT2D eigenvalue weighted by atomic mass is 32.2. The number of rotatable bonds is 4. The van der Waals surface area contributed by atoms with Crippen molar-refractivity contribution >= 4 is 32.9 Å². The van der Waals surface area contributed by atoms with E-state index in [1.165, 1.54) is 0 Å². The van der Waals surface area contributed by atoms with Crippen molar-refractivity contribution < 1.29 is 13.2 Å². The number of nitrogens with zero attached hydrogens (tertiary/aromatic N) is 1. The Labute approximate surface area is 139 Å². The van der Waals surface area contributed by atoms with Crippen molar-refractivity contribution in [2.75, 3.05) is 16.8 Å². The summed E-state index contributed by atoms with van der Waals surface area (Å²) in [6, 6.07) is 12.5. The van der Waals surface area contributed by atoms with Crippen molar-refractivity contribution in [1.82, 2.24) is 4.90 Å². The number of thiophene rings is 1. The third kappa shape index (κ3) is 4.11. The molecule has 3 rings (SSSR count). The fraction of sp³-hybridized carbons (Fsp3) is 0.312. The second-order valence-electron chi connectivity index (χ2n) is 5.56. The lowest BCUT2D eigenvalue weighted by atomic mass is 10.2. The molecule has 122 valence electrons. The summed E-state index contributed by atoms with van der Waals surface area (Å²) in [5.41, 5.74) is 0.703. The van der Waals surface area contributed by atoms with Crippen molar-refractivity contribution in [2.24, 2.45) is 0 Å². The average Bonchev–Trinajstić information content (AvgIpc) is 3.15. The van der Waals surface area contributed by atoms with Gasteiger partial charge < -0.3 is 10.2 Å². The number of benzene rings is 1. The third-order valence-electron chi connectivity index (χ3n) is 3.84. The molecule has 1 saturated heterocycles. The largest absolute Gasteiger partial charge is 0.322 e. The van der Waals surface area contributed by atoms with Gasteiger partial charge in [-0.2, -0.15) is 0 Å². The molecule has 1 N–H and O–H groups in total. The van der Waals surface area contributed by atoms with Crippen molar-refractivity contribution in [1.29, 1.82) is 0 Å². The molecule has 2 heterocycles. The summed E-state index contributed by atoms with van der Waals surface area (Å²) in [5.74, 6) is 0.192. The molecule has 0 saturated carbocycles. The maximum absolute atomic E-state index is 12.7. The monoisotopic (exact) mass is 350 g/mol. The number of sulfone groups is 1. The molecule has 1 aliphatic heterocycles. The zero-order valence-electron chi connectivity index (χ0n) is 12.5. The molecule has 2 aromatic rings. The maximum atomic E-state index is 12.7. The molecule has 23 heavy (non-hydrogen) atoms. The van der Waals surface area contributed by atoms with Gasteiger partial charge in [-0.25, -0.2) is 13.2 Å². The van der Waals surface area contributed by atoms with Gasteiger partial charge in [0.25, 0.3) is 0 Å². The van der Waals surface area contributed by atoms with E-state index in [4.69, 9.17) is 0 Å². The van der Waals surface area contributed by atoms with Crippen molar-refractivity contribution in [3.05, 3.63) is 52.7 Å². The van der Waals surface area contributed by atoms with E-state index in [0.29, 0.717) is 18.7 Å². The highest BCUT2D eigenvalue weighted by Gasteiger charge is 2.34. The Kier molecular flexibility index (Phi) is 4.68. The van der Waals surface area contributed by atoms with Crippen LogP contribution in [0.15, 0.2) is 47.8 Å². The molecule has 2 amide bonds. The lowest BCUT2D eigenvalue weighted by Gasteiger charge is -2.28. The smallest absolute Gasteiger partial charge is 0.315 e. The lowest BCUT2D eigenvalue weighted by molar-refractivity contribution is 0.191. The Morgan fingerprint density at radius 3 is 2.61 bits per heavy atom. The number of urea groups is 1. The van der Waals surface area contributed by atoms with Gasteiger partial charge >= 0.3 is 6.03 Å². The fourth-order valence-corrected chi connectivity index (χ4v) is 5.11. The second kappa shape index (κ2) is 6.72. The van der Waals surface area contributed by atoms with Crippen LogP contribution in [-0.4, -0.2) is 36.9 Å². The summed E-state index contributed by atoms with van der Waals surface area (Å²) in [4.78, 5) is 15.3. The van der Waals surface area contributed by atoms with E-state index >= 15 is 0 Å². The topological polar surface area (TPSA) is 66.5 Å². The number of hydrogen-bond donors (Lipinski definition) is 1. The van der Waals surface area contributed by atoms with E-state index in [1.807, 2.05) is 47.8 Å². The highest BCUT2D eigenvalue weighted by Crippen LogP contribution is 2.23. The molecule has 7 heteroatoms. The summed E-state index contributed by atoms with van der Waals surface area (Å²) >= 11 is 1.56. The lowest BCUT2D eigenvalue weighted by Crippen LogP contribution is -2.42. The number of carbonyl (C=O) groups excluding carboxylic acids is 1. The Morgan fingerprint density at radius 1 is 1.22 bits per heavy atom. The van der Waals surface area contributed by atoms with Crippen LogP contribution in [0.4, 0.5) is 10.5 Å². The van der Waals surface area contributed by atoms with Gasteiger partial charge in [0.2, 0.25) is 0 Å². The van der Waals surface area contributed by atoms with Gasteiger partial charge in [0, 0.05) is 16.6 Å². The number of anilines is 1. The number of hydrogen-bond acceptors (Lipinski definition) is 4. The molecule has 1 aliphatic rings. The minimum atomic E-state index is -3.04. The SMILES string of the molecule is O=C(Nc1ccccc1)N(Cc1cccs1)[C@H]1CCS(=O)(=O)C1. The molecular weight excluding hydrogens is 332 g/mol. The van der Waals surface area contributed by atoms with E-state index in [1.54, 1.807) is 16.2 Å². The molecule has 0 spiro atoms. The minimum Gasteiger partial charge on any atom is -0.315 e. The molecule has 1 fully saturated rings. The van der Waals surface area contributed by atoms with Gasteiger partial charge in [0.05, 0.1) is 18.1 Å². The Morgan fingerprint density at radius 2 is 2.00 bits per heavy atom. The van der Waals surface area contributed by atoms with Crippen molar-refractivity contribution in [3.8, 4) is 0 Å². The summed E-state index contributed by atoms with van der Waals surface area (Å²) in [5, 5.41) is 4.81. The van der Waals surface area contributed by atoms with Gasteiger partial charge in [0.15, 0.2) is 9.84 Å². The maximum Gasteiger partial charge on any atom is 0.322 e. The zero-order valence-corrected chi connectivity index (χ0v) is 14.1. The highest BCUT2D eigenvalue weighted by molar-refractivity contribution is 7.91. The first kappa shape index (κ1) is 16.0. The fourth-order valence-electron chi connectivity index (χ4n) is 2.68. The molecule has 0 radical (unpaired) electrons. The summed E-state index contributed by atoms with van der Waals surface area (Å²) < 4.78 is 23.5. The molecule has 0 aliphatic carbocycles. The van der Waals surface area contributed by atoms with E-state index in [2.05, 4.69) is 5.32 Å². The second-order valence-corrected chi connectivity index (χ2v) is 8.82. The number of amides is 2. The number of nitrogens with one attached hydrogen (secondary N) is 1. The van der Waals surface area contributed by atoms with Gasteiger partial charge in [0.1, 0.15) is 0 Å². The molecule has 1 atom stereocenters. The van der Waals surface area contributed by atoms with Crippen LogP contribution >= 0.6 is 11.3 Å². The van der Waals surface area contributed by atoms with E-state index in [-0.39, 0.29) is 23.6 Å². The average molecular weight is 350 g/mol. The van der Waals surface area contributed by atoms with Crippen LogP contribution in [-0.2, 0) is 16.4 Å². The molecular formula is C16H18N2O3S2. The molecule has 0 unspecified atom stereocenters. The van der Waals surface area contributed by atoms with Crippen LogP contribution in [0.2, 0.25) is 0 Å². The van der Waals surface area contributed by atoms with E-state index < -0.39 is 9.84 Å². The van der Waals surface area contributed by atoms with E-state index in [0.717, 1.165) is 4.88 Å². The standard InChI is InChI=1S/C16H18N2O3S2/c19-16(17-13-5-2-1-3-6-13)18(11-15-7-4-9-22-15)14-8-10-23(20,21)12-14/h1-7,9,14H,8,10-12H2,(H,17,19)/t14-/m0/s1. The summed E-state index contributed by atoms with van der Waals surface area (Å²) in [6.45, 7) is 0.427. The predicted octanol–water partition coefficient (Wildman–Crippen LogP) is 2.97. The van der Waals surface area contributed by atoms with E-state index in [9.17, 15) is 13.2 Å². The Hall–Kier alpha value is -1.86. The first-order valence-corrected chi connectivity index (χ1v) is 10.1. The van der Waals surface area contributed by atoms with Crippen LogP contribution in [0.5, 0.6) is 0 Å². The molecule has 0 bridgehead atoms. The normalized spacial score (nSPS) is 19.4. The van der Waals surface area contributed by atoms with Gasteiger partial charge in [-0.05, 0) is 30.0 Å². The van der Waals surface area contributed by atoms with Gasteiger partial charge in [-0.3, -0.25) is 0 Å². The first-order chi connectivity index (χ1) is 11.0. The molecule has 5 nitrogen and oxygen atoms in total. The van der Waals surface area contributed by atoms with Gasteiger partial charge in [-0.15, -0.1) is 11.3 Å². The Bertz CT molecular complexity index is 758. The predicted molar refractivity (Wildman–Crippen MR) is 92.4 cm³/mol. The number of para-hydroxylation sites is 1. The quantitative estimate of drug-likeness (QED) is 0.922. The van der Waals surface area contributed by atoms with Crippen LogP contribution in [0.1, 0.15) is 11.3 Å². The molecule has 1 aromatic heterocycles.